The van der Waals surface area contributed by atoms with E-state index in [0.717, 1.165) is 21.8 Å². The average molecular weight is 434 g/mol. The summed E-state index contributed by atoms with van der Waals surface area (Å²) in [4.78, 5) is 20.8. The van der Waals surface area contributed by atoms with E-state index in [2.05, 4.69) is 10.3 Å². The lowest BCUT2D eigenvalue weighted by molar-refractivity contribution is -0.137. The lowest BCUT2D eigenvalue weighted by Gasteiger charge is -2.35. The van der Waals surface area contributed by atoms with Gasteiger partial charge in [-0.05, 0) is 36.8 Å². The lowest BCUT2D eigenvalue weighted by atomic mass is 10.1. The van der Waals surface area contributed by atoms with Gasteiger partial charge in [0.05, 0.1) is 22.3 Å². The van der Waals surface area contributed by atoms with Crippen LogP contribution >= 0.6 is 11.3 Å². The highest BCUT2D eigenvalue weighted by Gasteiger charge is 2.31. The molecule has 1 aromatic heterocycles. The van der Waals surface area contributed by atoms with Crippen LogP contribution in [0.4, 0.5) is 24.0 Å². The summed E-state index contributed by atoms with van der Waals surface area (Å²) in [5, 5.41) is 3.44. The summed E-state index contributed by atoms with van der Waals surface area (Å²) >= 11 is 1.44. The van der Waals surface area contributed by atoms with Crippen molar-refractivity contribution in [1.29, 1.82) is 0 Å². The first-order valence-electron chi connectivity index (χ1n) is 9.60. The van der Waals surface area contributed by atoms with E-state index in [1.165, 1.54) is 23.5 Å². The van der Waals surface area contributed by atoms with Gasteiger partial charge in [-0.3, -0.25) is 9.69 Å². The number of carbonyl (C=O) groups is 1. The van der Waals surface area contributed by atoms with Gasteiger partial charge in [-0.25, -0.2) is 4.98 Å². The van der Waals surface area contributed by atoms with E-state index in [-0.39, 0.29) is 12.5 Å². The summed E-state index contributed by atoms with van der Waals surface area (Å²) in [5.74, 6) is -0.140. The number of hydrogen-bond donors (Lipinski definition) is 1. The standard InChI is InChI=1S/C21H21F3N4OS/c1-14-4-2-7-17-19(14)26-20(30-17)25-18(29)13-27-8-10-28(11-9-27)16-6-3-5-15(12-16)21(22,23)24/h2-7,12H,8-11,13H2,1H3,(H,25,26,29). The summed E-state index contributed by atoms with van der Waals surface area (Å²) in [6.45, 7) is 4.54. The number of halogens is 3. The van der Waals surface area contributed by atoms with Crippen molar-refractivity contribution < 1.29 is 18.0 Å². The van der Waals surface area contributed by atoms with E-state index in [9.17, 15) is 18.0 Å². The minimum atomic E-state index is -4.35. The van der Waals surface area contributed by atoms with Gasteiger partial charge in [0.25, 0.3) is 0 Å². The van der Waals surface area contributed by atoms with Crippen molar-refractivity contribution in [2.75, 3.05) is 42.9 Å². The van der Waals surface area contributed by atoms with Crippen LogP contribution in [-0.4, -0.2) is 48.5 Å². The fourth-order valence-electron chi connectivity index (χ4n) is 3.54. The molecule has 1 saturated heterocycles. The van der Waals surface area contributed by atoms with E-state index >= 15 is 0 Å². The highest BCUT2D eigenvalue weighted by Crippen LogP contribution is 2.32. The van der Waals surface area contributed by atoms with Gasteiger partial charge in [-0.1, -0.05) is 29.5 Å². The number of benzene rings is 2. The molecule has 1 aliphatic rings. The molecule has 0 atom stereocenters. The molecule has 1 aliphatic heterocycles. The molecule has 2 aromatic carbocycles. The second-order valence-electron chi connectivity index (χ2n) is 7.30. The number of nitrogens with zero attached hydrogens (tertiary/aromatic N) is 3. The highest BCUT2D eigenvalue weighted by atomic mass is 32.1. The van der Waals surface area contributed by atoms with E-state index in [4.69, 9.17) is 0 Å². The van der Waals surface area contributed by atoms with Crippen LogP contribution in [0.15, 0.2) is 42.5 Å². The fourth-order valence-corrected chi connectivity index (χ4v) is 4.50. The first-order valence-corrected chi connectivity index (χ1v) is 10.4. The number of para-hydroxylation sites is 1. The maximum atomic E-state index is 12.9. The molecule has 5 nitrogen and oxygen atoms in total. The van der Waals surface area contributed by atoms with Gasteiger partial charge in [0.1, 0.15) is 0 Å². The Labute approximate surface area is 176 Å². The molecule has 3 aromatic rings. The molecular formula is C21H21F3N4OS. The van der Waals surface area contributed by atoms with Crippen LogP contribution in [0.25, 0.3) is 10.2 Å². The monoisotopic (exact) mass is 434 g/mol. The summed E-state index contributed by atoms with van der Waals surface area (Å²) in [5.41, 5.74) is 1.87. The normalized spacial score (nSPS) is 15.5. The van der Waals surface area contributed by atoms with E-state index < -0.39 is 11.7 Å². The first kappa shape index (κ1) is 20.6. The summed E-state index contributed by atoms with van der Waals surface area (Å²) < 4.78 is 39.8. The molecule has 1 amide bonds. The predicted octanol–water partition coefficient (Wildman–Crippen LogP) is 4.38. The highest BCUT2D eigenvalue weighted by molar-refractivity contribution is 7.22. The van der Waals surface area contributed by atoms with Crippen LogP contribution in [0.3, 0.4) is 0 Å². The number of carbonyl (C=O) groups excluding carboxylic acids is 1. The Bertz CT molecular complexity index is 1060. The molecule has 0 saturated carbocycles. The molecule has 1 N–H and O–H groups in total. The molecule has 0 aliphatic carbocycles. The predicted molar refractivity (Wildman–Crippen MR) is 113 cm³/mol. The summed E-state index contributed by atoms with van der Waals surface area (Å²) in [6.07, 6.45) is -4.35. The topological polar surface area (TPSA) is 48.5 Å². The van der Waals surface area contributed by atoms with Crippen molar-refractivity contribution >= 4 is 38.3 Å². The number of piperazine rings is 1. The number of nitrogens with one attached hydrogen (secondary N) is 1. The van der Waals surface area contributed by atoms with E-state index in [1.807, 2.05) is 34.9 Å². The molecule has 9 heteroatoms. The number of aromatic nitrogens is 1. The third-order valence-corrected chi connectivity index (χ3v) is 6.08. The molecule has 0 unspecified atom stereocenters. The molecule has 0 radical (unpaired) electrons. The van der Waals surface area contributed by atoms with Crippen molar-refractivity contribution in [3.63, 3.8) is 0 Å². The van der Waals surface area contributed by atoms with Gasteiger partial charge in [-0.2, -0.15) is 13.2 Å². The van der Waals surface area contributed by atoms with Crippen LogP contribution in [0.5, 0.6) is 0 Å². The van der Waals surface area contributed by atoms with Crippen molar-refractivity contribution in [3.05, 3.63) is 53.6 Å². The van der Waals surface area contributed by atoms with Gasteiger partial charge in [-0.15, -0.1) is 0 Å². The first-order chi connectivity index (χ1) is 14.3. The molecule has 0 bridgehead atoms. The number of fused-ring (bicyclic) bond motifs is 1. The minimum Gasteiger partial charge on any atom is -0.369 e. The number of amides is 1. The van der Waals surface area contributed by atoms with Crippen molar-refractivity contribution in [3.8, 4) is 0 Å². The largest absolute Gasteiger partial charge is 0.416 e. The Morgan fingerprint density at radius 3 is 2.57 bits per heavy atom. The molecule has 0 spiro atoms. The summed E-state index contributed by atoms with van der Waals surface area (Å²) in [7, 11) is 0. The zero-order chi connectivity index (χ0) is 21.3. The van der Waals surface area contributed by atoms with Crippen LogP contribution in [0, 0.1) is 6.92 Å². The maximum absolute atomic E-state index is 12.9. The second kappa shape index (κ2) is 8.23. The Morgan fingerprint density at radius 2 is 1.87 bits per heavy atom. The third kappa shape index (κ3) is 4.57. The van der Waals surface area contributed by atoms with Crippen molar-refractivity contribution in [2.45, 2.75) is 13.1 Å². The maximum Gasteiger partial charge on any atom is 0.416 e. The number of anilines is 2. The average Bonchev–Trinajstić information content (AvgIpc) is 3.12. The molecule has 2 heterocycles. The fraction of sp³-hybridized carbons (Fsp3) is 0.333. The molecule has 30 heavy (non-hydrogen) atoms. The zero-order valence-electron chi connectivity index (χ0n) is 16.4. The molecule has 4 rings (SSSR count). The van der Waals surface area contributed by atoms with Crippen LogP contribution in [-0.2, 0) is 11.0 Å². The van der Waals surface area contributed by atoms with Gasteiger partial charge in [0, 0.05) is 31.9 Å². The molecule has 158 valence electrons. The summed E-state index contributed by atoms with van der Waals surface area (Å²) in [6, 6.07) is 11.3. The Morgan fingerprint density at radius 1 is 1.13 bits per heavy atom. The van der Waals surface area contributed by atoms with E-state index in [0.29, 0.717) is 37.0 Å². The van der Waals surface area contributed by atoms with Crippen molar-refractivity contribution in [1.82, 2.24) is 9.88 Å². The smallest absolute Gasteiger partial charge is 0.369 e. The van der Waals surface area contributed by atoms with Crippen LogP contribution in [0.2, 0.25) is 0 Å². The Hall–Kier alpha value is -2.65. The number of thiazole rings is 1. The Kier molecular flexibility index (Phi) is 5.66. The number of hydrogen-bond acceptors (Lipinski definition) is 5. The second-order valence-corrected chi connectivity index (χ2v) is 8.33. The van der Waals surface area contributed by atoms with E-state index in [1.54, 1.807) is 6.07 Å². The van der Waals surface area contributed by atoms with Crippen molar-refractivity contribution in [2.24, 2.45) is 0 Å². The van der Waals surface area contributed by atoms with Gasteiger partial charge in [0.15, 0.2) is 5.13 Å². The van der Waals surface area contributed by atoms with Crippen LogP contribution in [0.1, 0.15) is 11.1 Å². The Balaban J connectivity index is 1.32. The molecule has 1 fully saturated rings. The number of rotatable bonds is 4. The van der Waals surface area contributed by atoms with Gasteiger partial charge >= 0.3 is 6.18 Å². The van der Waals surface area contributed by atoms with Crippen LogP contribution < -0.4 is 10.2 Å². The lowest BCUT2D eigenvalue weighted by Crippen LogP contribution is -2.48. The number of aryl methyl sites for hydroxylation is 1. The van der Waals surface area contributed by atoms with Gasteiger partial charge < -0.3 is 10.2 Å². The zero-order valence-corrected chi connectivity index (χ0v) is 17.2. The van der Waals surface area contributed by atoms with Gasteiger partial charge in [0.2, 0.25) is 5.91 Å². The third-order valence-electron chi connectivity index (χ3n) is 5.15. The number of alkyl halides is 3. The SMILES string of the molecule is Cc1cccc2sc(NC(=O)CN3CCN(c4cccc(C(F)(F)F)c4)CC3)nc12. The molecular weight excluding hydrogens is 413 g/mol. The quantitative estimate of drug-likeness (QED) is 0.662. The minimum absolute atomic E-state index is 0.140.